The third-order valence-corrected chi connectivity index (χ3v) is 6.01. The van der Waals surface area contributed by atoms with E-state index in [0.29, 0.717) is 18.7 Å². The number of aliphatic hydroxyl groups is 1. The number of nitrogens with zero attached hydrogens (tertiary/aromatic N) is 2. The summed E-state index contributed by atoms with van der Waals surface area (Å²) in [6.45, 7) is 4.12. The number of allylic oxidation sites excluding steroid dienone is 2. The van der Waals surface area contributed by atoms with Gasteiger partial charge in [0, 0.05) is 30.3 Å². The summed E-state index contributed by atoms with van der Waals surface area (Å²) in [7, 11) is 1.88. The largest absolute Gasteiger partial charge is 0.449 e. The van der Waals surface area contributed by atoms with Crippen LogP contribution in [0, 0.1) is 5.92 Å². The fraction of sp³-hybridized carbons (Fsp3) is 0.588. The number of likely N-dealkylation sites (N-methyl/N-ethyl adjacent to an activating group) is 2. The maximum Gasteiger partial charge on any atom is 0.404 e. The van der Waals surface area contributed by atoms with E-state index in [1.54, 1.807) is 11.8 Å². The van der Waals surface area contributed by atoms with Gasteiger partial charge in [-0.15, -0.1) is 0 Å². The summed E-state index contributed by atoms with van der Waals surface area (Å²) in [4.78, 5) is 40.9. The Morgan fingerprint density at radius 3 is 2.73 bits per heavy atom. The third-order valence-electron chi connectivity index (χ3n) is 6.01. The van der Waals surface area contributed by atoms with Gasteiger partial charge in [0.05, 0.1) is 23.4 Å². The summed E-state index contributed by atoms with van der Waals surface area (Å²) >= 11 is 0. The van der Waals surface area contributed by atoms with E-state index in [1.165, 1.54) is 0 Å². The molecule has 0 radical (unpaired) electrons. The standard InChI is InChI=1S/C17H22N4O5/c1-4-19-11-7(2)13(22)12-10(14(11)23)8(6-26-16(18)24)17(25)15-9(20(15)3)5-21(12)17/h8-9,15,19,25H,4-6H2,1-3H3,(H2,18,24)/t8-,9+,15+,17-,20?/m1/s1. The molecule has 3 aliphatic heterocycles. The zero-order valence-electron chi connectivity index (χ0n) is 14.9. The summed E-state index contributed by atoms with van der Waals surface area (Å²) in [6, 6.07) is -0.120. The molecule has 0 spiro atoms. The van der Waals surface area contributed by atoms with Crippen molar-refractivity contribution in [3.8, 4) is 0 Å². The molecule has 0 saturated carbocycles. The molecule has 4 rings (SSSR count). The predicted molar refractivity (Wildman–Crippen MR) is 89.4 cm³/mol. The molecule has 4 N–H and O–H groups in total. The summed E-state index contributed by atoms with van der Waals surface area (Å²) in [5, 5.41) is 14.5. The number of nitrogens with one attached hydrogen (secondary N) is 1. The van der Waals surface area contributed by atoms with Gasteiger partial charge in [0.15, 0.2) is 5.72 Å². The van der Waals surface area contributed by atoms with Gasteiger partial charge < -0.3 is 25.8 Å². The molecule has 0 aromatic heterocycles. The second-order valence-corrected chi connectivity index (χ2v) is 7.20. The smallest absolute Gasteiger partial charge is 0.404 e. The summed E-state index contributed by atoms with van der Waals surface area (Å²) in [5.74, 6) is -1.44. The second-order valence-electron chi connectivity index (χ2n) is 7.20. The van der Waals surface area contributed by atoms with E-state index >= 15 is 0 Å². The van der Waals surface area contributed by atoms with Crippen molar-refractivity contribution < 1.29 is 24.2 Å². The maximum atomic E-state index is 13.1. The zero-order chi connectivity index (χ0) is 19.0. The number of primary amides is 1. The Labute approximate surface area is 150 Å². The van der Waals surface area contributed by atoms with Crippen LogP contribution in [0.25, 0.3) is 0 Å². The number of carbonyl (C=O) groups excluding carboxylic acids is 3. The molecule has 9 heteroatoms. The van der Waals surface area contributed by atoms with Crippen molar-refractivity contribution in [3.63, 3.8) is 0 Å². The Kier molecular flexibility index (Phi) is 3.48. The fourth-order valence-corrected chi connectivity index (χ4v) is 4.76. The highest BCUT2D eigenvalue weighted by Crippen LogP contribution is 2.57. The van der Waals surface area contributed by atoms with Crippen molar-refractivity contribution >= 4 is 17.7 Å². The average molecular weight is 362 g/mol. The number of piperazine rings is 1. The number of hydrogen-bond donors (Lipinski definition) is 3. The van der Waals surface area contributed by atoms with Crippen LogP contribution in [0.4, 0.5) is 4.79 Å². The lowest BCUT2D eigenvalue weighted by Crippen LogP contribution is -2.53. The molecule has 1 aliphatic carbocycles. The van der Waals surface area contributed by atoms with Gasteiger partial charge >= 0.3 is 6.09 Å². The molecule has 1 amide bonds. The van der Waals surface area contributed by atoms with Crippen LogP contribution in [0.1, 0.15) is 13.8 Å². The number of ketones is 2. The van der Waals surface area contributed by atoms with Crippen molar-refractivity contribution in [1.82, 2.24) is 15.1 Å². The van der Waals surface area contributed by atoms with Crippen molar-refractivity contribution in [1.29, 1.82) is 0 Å². The Hall–Kier alpha value is -2.39. The molecule has 0 aromatic rings. The van der Waals surface area contributed by atoms with Crippen LogP contribution in [0.5, 0.6) is 0 Å². The van der Waals surface area contributed by atoms with Crippen LogP contribution >= 0.6 is 0 Å². The molecule has 1 unspecified atom stereocenters. The van der Waals surface area contributed by atoms with Crippen LogP contribution in [-0.4, -0.2) is 77.1 Å². The van der Waals surface area contributed by atoms with E-state index in [1.807, 2.05) is 18.9 Å². The van der Waals surface area contributed by atoms with Crippen LogP contribution in [-0.2, 0) is 14.3 Å². The molecule has 9 nitrogen and oxygen atoms in total. The quantitative estimate of drug-likeness (QED) is 0.416. The van der Waals surface area contributed by atoms with Crippen molar-refractivity contribution in [2.75, 3.05) is 26.7 Å². The number of rotatable bonds is 4. The van der Waals surface area contributed by atoms with E-state index < -0.39 is 17.7 Å². The summed E-state index contributed by atoms with van der Waals surface area (Å²) in [5.41, 5.74) is 4.65. The first-order chi connectivity index (χ1) is 12.2. The van der Waals surface area contributed by atoms with Crippen molar-refractivity contribution in [2.45, 2.75) is 31.7 Å². The molecule has 3 heterocycles. The first-order valence-electron chi connectivity index (χ1n) is 8.67. The highest BCUT2D eigenvalue weighted by Gasteiger charge is 2.74. The minimum absolute atomic E-state index is 0.104. The summed E-state index contributed by atoms with van der Waals surface area (Å²) < 4.78 is 4.96. The highest BCUT2D eigenvalue weighted by molar-refractivity contribution is 6.25. The predicted octanol–water partition coefficient (Wildman–Crippen LogP) is -1.31. The first-order valence-corrected chi connectivity index (χ1v) is 8.67. The Morgan fingerprint density at radius 1 is 1.42 bits per heavy atom. The van der Waals surface area contributed by atoms with E-state index in [0.717, 1.165) is 0 Å². The van der Waals surface area contributed by atoms with Gasteiger partial charge in [0.2, 0.25) is 11.6 Å². The Morgan fingerprint density at radius 2 is 2.12 bits per heavy atom. The molecular weight excluding hydrogens is 340 g/mol. The van der Waals surface area contributed by atoms with Gasteiger partial charge in [-0.25, -0.2) is 4.79 Å². The van der Waals surface area contributed by atoms with Gasteiger partial charge in [-0.1, -0.05) is 0 Å². The average Bonchev–Trinajstić information content (AvgIpc) is 2.99. The molecule has 0 aromatic carbocycles. The van der Waals surface area contributed by atoms with E-state index in [-0.39, 0.29) is 47.2 Å². The van der Waals surface area contributed by atoms with Crippen LogP contribution in [0.3, 0.4) is 0 Å². The lowest BCUT2D eigenvalue weighted by atomic mass is 9.82. The van der Waals surface area contributed by atoms with Gasteiger partial charge in [-0.3, -0.25) is 14.5 Å². The van der Waals surface area contributed by atoms with Crippen LogP contribution in [0.2, 0.25) is 0 Å². The zero-order valence-corrected chi connectivity index (χ0v) is 14.9. The van der Waals surface area contributed by atoms with E-state index in [2.05, 4.69) is 5.32 Å². The van der Waals surface area contributed by atoms with Gasteiger partial charge in [-0.2, -0.15) is 0 Å². The Balaban J connectivity index is 1.80. The van der Waals surface area contributed by atoms with Gasteiger partial charge in [0.1, 0.15) is 6.61 Å². The first kappa shape index (κ1) is 17.0. The van der Waals surface area contributed by atoms with Crippen molar-refractivity contribution in [3.05, 3.63) is 22.5 Å². The molecule has 26 heavy (non-hydrogen) atoms. The maximum absolute atomic E-state index is 13.1. The van der Waals surface area contributed by atoms with E-state index in [9.17, 15) is 19.5 Å². The van der Waals surface area contributed by atoms with Gasteiger partial charge in [-0.05, 0) is 20.9 Å². The molecular formula is C17H22N4O5. The second kappa shape index (κ2) is 5.31. The number of ether oxygens (including phenoxy) is 1. The van der Waals surface area contributed by atoms with Gasteiger partial charge in [0.25, 0.3) is 0 Å². The Bertz CT molecular complexity index is 803. The molecule has 4 aliphatic rings. The number of nitrogens with two attached hydrogens (primary N) is 1. The molecule has 2 saturated heterocycles. The van der Waals surface area contributed by atoms with Crippen molar-refractivity contribution in [2.24, 2.45) is 11.7 Å². The summed E-state index contributed by atoms with van der Waals surface area (Å²) in [6.07, 6.45) is -0.985. The van der Waals surface area contributed by atoms with Crippen LogP contribution < -0.4 is 11.1 Å². The molecule has 2 fully saturated rings. The normalized spacial score (nSPS) is 37.6. The highest BCUT2D eigenvalue weighted by atomic mass is 16.5. The number of amides is 1. The monoisotopic (exact) mass is 362 g/mol. The lowest BCUT2D eigenvalue weighted by Gasteiger charge is -2.37. The SMILES string of the molecule is CCNC1=C(C)C(=O)C2=C(C1=O)[C@@H](COC(N)=O)[C@@]1(O)[C@@H]3[C@H](CN21)N3C. The molecule has 0 bridgehead atoms. The molecule has 140 valence electrons. The number of Topliss-reactive ketones (excluding diaryl/α,β-unsaturated/α-hetero) is 2. The number of hydrogen-bond acceptors (Lipinski definition) is 8. The minimum Gasteiger partial charge on any atom is -0.449 e. The van der Waals surface area contributed by atoms with Crippen LogP contribution in [0.15, 0.2) is 22.5 Å². The fourth-order valence-electron chi connectivity index (χ4n) is 4.76. The topological polar surface area (TPSA) is 125 Å². The minimum atomic E-state index is -1.47. The number of carbonyl (C=O) groups is 3. The lowest BCUT2D eigenvalue weighted by molar-refractivity contribution is -0.126. The number of fused-ring (bicyclic) bond motifs is 4. The third kappa shape index (κ3) is 1.89. The molecule has 5 atom stereocenters. The van der Waals surface area contributed by atoms with E-state index in [4.69, 9.17) is 10.5 Å².